The summed E-state index contributed by atoms with van der Waals surface area (Å²) in [4.78, 5) is 7.28. The summed E-state index contributed by atoms with van der Waals surface area (Å²) in [6.45, 7) is 7.03. The topological polar surface area (TPSA) is 21.1 Å². The van der Waals surface area contributed by atoms with Gasteiger partial charge in [0.1, 0.15) is 0 Å². The van der Waals surface area contributed by atoms with Crippen LogP contribution in [0.5, 0.6) is 0 Å². The molecule has 1 aliphatic rings. The Morgan fingerprint density at radius 3 is 2.55 bits per heavy atom. The van der Waals surface area contributed by atoms with E-state index < -0.39 is 0 Å². The number of halogens is 1. The van der Waals surface area contributed by atoms with Crippen molar-refractivity contribution in [2.24, 2.45) is 0 Å². The monoisotopic (exact) mass is 401 g/mol. The number of rotatable bonds is 3. The molecule has 3 nitrogen and oxygen atoms in total. The average molecular weight is 402 g/mol. The normalized spacial score (nSPS) is 13.7. The Labute approximate surface area is 176 Å². The Kier molecular flexibility index (Phi) is 4.56. The predicted octanol–water partition coefficient (Wildman–Crippen LogP) is 5.92. The summed E-state index contributed by atoms with van der Waals surface area (Å²) in [6, 6.07) is 19.0. The molecule has 0 aliphatic carbocycles. The van der Waals surface area contributed by atoms with Crippen LogP contribution in [0, 0.1) is 13.8 Å². The Bertz CT molecular complexity index is 1210. The molecule has 0 unspecified atom stereocenters. The number of anilines is 1. The van der Waals surface area contributed by atoms with Crippen molar-refractivity contribution in [3.8, 4) is 0 Å². The van der Waals surface area contributed by atoms with Crippen LogP contribution in [0.3, 0.4) is 0 Å². The van der Waals surface area contributed by atoms with E-state index >= 15 is 0 Å². The molecule has 146 valence electrons. The molecule has 0 fully saturated rings. The number of aromatic nitrogens is 2. The van der Waals surface area contributed by atoms with Crippen LogP contribution < -0.4 is 4.90 Å². The Morgan fingerprint density at radius 1 is 0.966 bits per heavy atom. The van der Waals surface area contributed by atoms with Gasteiger partial charge in [-0.25, -0.2) is 4.98 Å². The first-order valence-corrected chi connectivity index (χ1v) is 10.5. The molecule has 0 saturated carbocycles. The fourth-order valence-corrected chi connectivity index (χ4v) is 4.67. The molecule has 0 spiro atoms. The van der Waals surface area contributed by atoms with Crippen molar-refractivity contribution in [3.05, 3.63) is 93.8 Å². The van der Waals surface area contributed by atoms with Gasteiger partial charge in [-0.05, 0) is 54.7 Å². The lowest BCUT2D eigenvalue weighted by atomic mass is 10.00. The first-order valence-electron chi connectivity index (χ1n) is 10.1. The summed E-state index contributed by atoms with van der Waals surface area (Å²) in [5.41, 5.74) is 7.78. The van der Waals surface area contributed by atoms with Gasteiger partial charge < -0.3 is 9.47 Å². The van der Waals surface area contributed by atoms with Gasteiger partial charge >= 0.3 is 0 Å². The molecular formula is C25H24ClN3. The van der Waals surface area contributed by atoms with Gasteiger partial charge in [0.15, 0.2) is 5.82 Å². The van der Waals surface area contributed by atoms with Crippen LogP contribution in [-0.4, -0.2) is 16.1 Å². The molecule has 2 aromatic heterocycles. The van der Waals surface area contributed by atoms with E-state index in [1.807, 2.05) is 18.3 Å². The highest BCUT2D eigenvalue weighted by Gasteiger charge is 2.23. The average Bonchev–Trinajstić information content (AvgIpc) is 3.00. The van der Waals surface area contributed by atoms with E-state index in [0.29, 0.717) is 0 Å². The number of nitrogens with zero attached hydrogens (tertiary/aromatic N) is 3. The number of benzene rings is 2. The second-order valence-corrected chi connectivity index (χ2v) is 8.27. The highest BCUT2D eigenvalue weighted by Crippen LogP contribution is 2.34. The van der Waals surface area contributed by atoms with Crippen molar-refractivity contribution in [2.75, 3.05) is 11.4 Å². The SMILES string of the molecule is Cc1c(C)n(Cc2ccccc2Cl)c2c(N3CCc4ccccc4C3)nccc12. The zero-order chi connectivity index (χ0) is 20.0. The summed E-state index contributed by atoms with van der Waals surface area (Å²) in [5, 5.41) is 2.09. The third-order valence-electron chi connectivity index (χ3n) is 6.24. The highest BCUT2D eigenvalue weighted by atomic mass is 35.5. The number of aryl methyl sites for hydroxylation is 1. The minimum Gasteiger partial charge on any atom is -0.350 e. The lowest BCUT2D eigenvalue weighted by molar-refractivity contribution is 0.717. The second kappa shape index (κ2) is 7.23. The molecule has 0 saturated heterocycles. The van der Waals surface area contributed by atoms with Crippen molar-refractivity contribution in [1.29, 1.82) is 0 Å². The van der Waals surface area contributed by atoms with Crippen LogP contribution in [0.1, 0.15) is 27.9 Å². The van der Waals surface area contributed by atoms with Gasteiger partial charge in [-0.2, -0.15) is 0 Å². The molecule has 2 aromatic carbocycles. The maximum atomic E-state index is 6.49. The minimum atomic E-state index is 0.749. The van der Waals surface area contributed by atoms with Crippen LogP contribution >= 0.6 is 11.6 Å². The molecule has 3 heterocycles. The van der Waals surface area contributed by atoms with E-state index in [1.165, 1.54) is 33.3 Å². The van der Waals surface area contributed by atoms with E-state index in [4.69, 9.17) is 16.6 Å². The smallest absolute Gasteiger partial charge is 0.153 e. The third-order valence-corrected chi connectivity index (χ3v) is 6.61. The van der Waals surface area contributed by atoms with Gasteiger partial charge in [0, 0.05) is 41.9 Å². The summed E-state index contributed by atoms with van der Waals surface area (Å²) < 4.78 is 2.38. The molecule has 0 radical (unpaired) electrons. The van der Waals surface area contributed by atoms with Crippen LogP contribution in [0.25, 0.3) is 10.9 Å². The Morgan fingerprint density at radius 2 is 1.72 bits per heavy atom. The van der Waals surface area contributed by atoms with Crippen molar-refractivity contribution >= 4 is 28.3 Å². The quantitative estimate of drug-likeness (QED) is 0.425. The minimum absolute atomic E-state index is 0.749. The third kappa shape index (κ3) is 3.10. The molecular weight excluding hydrogens is 378 g/mol. The van der Waals surface area contributed by atoms with Gasteiger partial charge in [0.25, 0.3) is 0 Å². The summed E-state index contributed by atoms with van der Waals surface area (Å²) in [5.74, 6) is 1.07. The summed E-state index contributed by atoms with van der Waals surface area (Å²) in [7, 11) is 0. The fraction of sp³-hybridized carbons (Fsp3) is 0.240. The van der Waals surface area contributed by atoms with E-state index in [-0.39, 0.29) is 0 Å². The number of hydrogen-bond donors (Lipinski definition) is 0. The van der Waals surface area contributed by atoms with Gasteiger partial charge in [-0.3, -0.25) is 0 Å². The van der Waals surface area contributed by atoms with E-state index in [9.17, 15) is 0 Å². The maximum Gasteiger partial charge on any atom is 0.153 e. The Balaban J connectivity index is 1.64. The van der Waals surface area contributed by atoms with E-state index in [0.717, 1.165) is 42.5 Å². The van der Waals surface area contributed by atoms with Gasteiger partial charge in [-0.15, -0.1) is 0 Å². The lowest BCUT2D eigenvalue weighted by Gasteiger charge is -2.30. The summed E-state index contributed by atoms with van der Waals surface area (Å²) in [6.07, 6.45) is 3.00. The number of fused-ring (bicyclic) bond motifs is 2. The zero-order valence-electron chi connectivity index (χ0n) is 16.8. The van der Waals surface area contributed by atoms with E-state index in [1.54, 1.807) is 0 Å². The van der Waals surface area contributed by atoms with Crippen LogP contribution in [0.15, 0.2) is 60.8 Å². The lowest BCUT2D eigenvalue weighted by Crippen LogP contribution is -2.31. The van der Waals surface area contributed by atoms with Gasteiger partial charge in [-0.1, -0.05) is 54.1 Å². The van der Waals surface area contributed by atoms with Gasteiger partial charge in [0.05, 0.1) is 5.52 Å². The largest absolute Gasteiger partial charge is 0.350 e. The first kappa shape index (κ1) is 18.3. The van der Waals surface area contributed by atoms with Crippen LogP contribution in [0.4, 0.5) is 5.82 Å². The molecule has 0 atom stereocenters. The molecule has 0 N–H and O–H groups in total. The van der Waals surface area contributed by atoms with Crippen LogP contribution in [-0.2, 0) is 19.5 Å². The molecule has 1 aliphatic heterocycles. The molecule has 4 aromatic rings. The maximum absolute atomic E-state index is 6.49. The van der Waals surface area contributed by atoms with E-state index in [2.05, 4.69) is 65.8 Å². The van der Waals surface area contributed by atoms with Crippen molar-refractivity contribution in [1.82, 2.24) is 9.55 Å². The standard InChI is InChI=1S/C25H24ClN3/c1-17-18(2)29(16-21-9-5-6-10-23(21)26)24-22(17)11-13-27-25(24)28-14-12-19-7-3-4-8-20(19)15-28/h3-11,13H,12,14-16H2,1-2H3. The van der Waals surface area contributed by atoms with Crippen LogP contribution in [0.2, 0.25) is 5.02 Å². The fourth-order valence-electron chi connectivity index (χ4n) is 4.48. The van der Waals surface area contributed by atoms with Crippen molar-refractivity contribution in [3.63, 3.8) is 0 Å². The van der Waals surface area contributed by atoms with Gasteiger partial charge in [0.2, 0.25) is 0 Å². The first-order chi connectivity index (χ1) is 14.1. The number of pyridine rings is 1. The highest BCUT2D eigenvalue weighted by molar-refractivity contribution is 6.31. The van der Waals surface area contributed by atoms with Crippen molar-refractivity contribution in [2.45, 2.75) is 33.4 Å². The molecule has 0 amide bonds. The Hall–Kier alpha value is -2.78. The van der Waals surface area contributed by atoms with Crippen molar-refractivity contribution < 1.29 is 0 Å². The molecule has 4 heteroatoms. The number of hydrogen-bond acceptors (Lipinski definition) is 2. The summed E-state index contributed by atoms with van der Waals surface area (Å²) >= 11 is 6.49. The molecule has 29 heavy (non-hydrogen) atoms. The zero-order valence-corrected chi connectivity index (χ0v) is 17.6. The predicted molar refractivity (Wildman–Crippen MR) is 121 cm³/mol. The second-order valence-electron chi connectivity index (χ2n) is 7.86. The molecule has 0 bridgehead atoms. The molecule has 5 rings (SSSR count).